The number of aryl methyl sites for hydroxylation is 1. The van der Waals surface area contributed by atoms with Gasteiger partial charge in [0.2, 0.25) is 0 Å². The van der Waals surface area contributed by atoms with Crippen LogP contribution in [0.15, 0.2) is 12.3 Å². The highest BCUT2D eigenvalue weighted by atomic mass is 19.1. The Morgan fingerprint density at radius 2 is 2.40 bits per heavy atom. The van der Waals surface area contributed by atoms with Crippen LogP contribution in [-0.2, 0) is 17.5 Å². The molecule has 5 heteroatoms. The summed E-state index contributed by atoms with van der Waals surface area (Å²) >= 11 is 0. The van der Waals surface area contributed by atoms with E-state index in [0.29, 0.717) is 25.1 Å². The van der Waals surface area contributed by atoms with E-state index in [2.05, 4.69) is 5.10 Å². The lowest BCUT2D eigenvalue weighted by molar-refractivity contribution is 0.0267. The van der Waals surface area contributed by atoms with Crippen molar-refractivity contribution in [1.82, 2.24) is 9.78 Å². The van der Waals surface area contributed by atoms with Crippen LogP contribution in [-0.4, -0.2) is 30.0 Å². The minimum atomic E-state index is -1.52. The molecule has 1 atom stereocenters. The number of hydrogen-bond donors (Lipinski definition) is 1. The van der Waals surface area contributed by atoms with Crippen molar-refractivity contribution in [2.24, 2.45) is 12.8 Å². The lowest BCUT2D eigenvalue weighted by Crippen LogP contribution is -2.28. The Labute approximate surface area is 89.2 Å². The summed E-state index contributed by atoms with van der Waals surface area (Å²) in [5.74, 6) is 0. The number of hydrogen-bond acceptors (Lipinski definition) is 3. The van der Waals surface area contributed by atoms with Crippen molar-refractivity contribution in [3.8, 4) is 0 Å². The van der Waals surface area contributed by atoms with E-state index in [0.717, 1.165) is 0 Å². The van der Waals surface area contributed by atoms with Gasteiger partial charge in [0.25, 0.3) is 0 Å². The molecule has 4 nitrogen and oxygen atoms in total. The maximum atomic E-state index is 14.5. The minimum Gasteiger partial charge on any atom is -0.381 e. The zero-order valence-corrected chi connectivity index (χ0v) is 9.24. The summed E-state index contributed by atoms with van der Waals surface area (Å²) in [6.45, 7) is 0.492. The fourth-order valence-corrected chi connectivity index (χ4v) is 1.54. The van der Waals surface area contributed by atoms with Gasteiger partial charge in [-0.3, -0.25) is 4.68 Å². The van der Waals surface area contributed by atoms with Crippen LogP contribution in [0.25, 0.3) is 0 Å². The van der Waals surface area contributed by atoms with Crippen LogP contribution in [0.1, 0.15) is 18.5 Å². The largest absolute Gasteiger partial charge is 0.381 e. The number of nitrogens with two attached hydrogens (primary N) is 1. The summed E-state index contributed by atoms with van der Waals surface area (Å²) in [7, 11) is 3.25. The van der Waals surface area contributed by atoms with Crippen molar-refractivity contribution in [3.63, 3.8) is 0 Å². The molecule has 2 N–H and O–H groups in total. The van der Waals surface area contributed by atoms with Crippen molar-refractivity contribution < 1.29 is 9.13 Å². The highest BCUT2D eigenvalue weighted by Crippen LogP contribution is 2.29. The number of ether oxygens (including phenoxy) is 1. The van der Waals surface area contributed by atoms with Gasteiger partial charge in [-0.1, -0.05) is 0 Å². The molecular formula is C10H18FN3O. The standard InChI is InChI=1S/C10H18FN3O/c1-14-7-4-9(13-14)10(11,8-15-2)5-3-6-12/h4,7H,3,5-6,8,12H2,1-2H3. The van der Waals surface area contributed by atoms with E-state index in [1.165, 1.54) is 7.11 Å². The lowest BCUT2D eigenvalue weighted by Gasteiger charge is -2.22. The predicted molar refractivity (Wildman–Crippen MR) is 56.2 cm³/mol. The van der Waals surface area contributed by atoms with Crippen LogP contribution in [0, 0.1) is 0 Å². The van der Waals surface area contributed by atoms with Gasteiger partial charge in [-0.25, -0.2) is 4.39 Å². The van der Waals surface area contributed by atoms with E-state index in [-0.39, 0.29) is 6.61 Å². The van der Waals surface area contributed by atoms with Crippen LogP contribution in [0.5, 0.6) is 0 Å². The molecule has 0 radical (unpaired) electrons. The molecule has 0 saturated heterocycles. The van der Waals surface area contributed by atoms with Gasteiger partial charge < -0.3 is 10.5 Å². The van der Waals surface area contributed by atoms with Crippen LogP contribution in [0.4, 0.5) is 4.39 Å². The molecule has 1 heterocycles. The molecule has 86 valence electrons. The SMILES string of the molecule is COCC(F)(CCCN)c1ccn(C)n1. The van der Waals surface area contributed by atoms with Crippen molar-refractivity contribution in [2.75, 3.05) is 20.3 Å². The number of aromatic nitrogens is 2. The first-order chi connectivity index (χ1) is 7.12. The maximum Gasteiger partial charge on any atom is 0.177 e. The Balaban J connectivity index is 2.79. The van der Waals surface area contributed by atoms with Crippen LogP contribution >= 0.6 is 0 Å². The molecule has 1 aromatic heterocycles. The van der Waals surface area contributed by atoms with Crippen LogP contribution < -0.4 is 5.73 Å². The summed E-state index contributed by atoms with van der Waals surface area (Å²) in [5.41, 5.74) is 4.28. The fraction of sp³-hybridized carbons (Fsp3) is 0.700. The quantitative estimate of drug-likeness (QED) is 0.769. The summed E-state index contributed by atoms with van der Waals surface area (Å²) in [6.07, 6.45) is 2.69. The van der Waals surface area contributed by atoms with Crippen LogP contribution in [0.2, 0.25) is 0 Å². The molecule has 0 saturated carbocycles. The molecule has 0 bridgehead atoms. The van der Waals surface area contributed by atoms with Crippen molar-refractivity contribution >= 4 is 0 Å². The Morgan fingerprint density at radius 1 is 1.67 bits per heavy atom. The highest BCUT2D eigenvalue weighted by Gasteiger charge is 2.33. The van der Waals surface area contributed by atoms with E-state index >= 15 is 0 Å². The molecule has 1 rings (SSSR count). The zero-order chi connectivity index (χ0) is 11.3. The molecule has 0 spiro atoms. The van der Waals surface area contributed by atoms with Crippen molar-refractivity contribution in [1.29, 1.82) is 0 Å². The first-order valence-electron chi connectivity index (χ1n) is 5.00. The number of rotatable bonds is 6. The van der Waals surface area contributed by atoms with Crippen molar-refractivity contribution in [3.05, 3.63) is 18.0 Å². The second-order valence-corrected chi connectivity index (χ2v) is 3.67. The molecule has 0 aliphatic carbocycles. The van der Waals surface area contributed by atoms with E-state index in [9.17, 15) is 4.39 Å². The Morgan fingerprint density at radius 3 is 2.87 bits per heavy atom. The van der Waals surface area contributed by atoms with Gasteiger partial charge in [-0.15, -0.1) is 0 Å². The summed E-state index contributed by atoms with van der Waals surface area (Å²) in [5, 5.41) is 4.08. The summed E-state index contributed by atoms with van der Waals surface area (Å²) in [4.78, 5) is 0. The van der Waals surface area contributed by atoms with Gasteiger partial charge in [-0.2, -0.15) is 5.10 Å². The smallest absolute Gasteiger partial charge is 0.177 e. The third kappa shape index (κ3) is 3.00. The molecule has 15 heavy (non-hydrogen) atoms. The number of halogens is 1. The first-order valence-corrected chi connectivity index (χ1v) is 5.00. The summed E-state index contributed by atoms with van der Waals surface area (Å²) in [6, 6.07) is 1.68. The third-order valence-corrected chi connectivity index (χ3v) is 2.32. The topological polar surface area (TPSA) is 53.1 Å². The number of nitrogens with zero attached hydrogens (tertiary/aromatic N) is 2. The van der Waals surface area contributed by atoms with Gasteiger partial charge in [0.05, 0.1) is 6.61 Å². The molecule has 0 fully saturated rings. The maximum absolute atomic E-state index is 14.5. The zero-order valence-electron chi connectivity index (χ0n) is 9.24. The Bertz CT molecular complexity index is 303. The van der Waals surface area contributed by atoms with E-state index in [1.54, 1.807) is 24.0 Å². The molecule has 1 unspecified atom stereocenters. The van der Waals surface area contributed by atoms with E-state index < -0.39 is 5.67 Å². The van der Waals surface area contributed by atoms with Gasteiger partial charge in [0.1, 0.15) is 5.69 Å². The van der Waals surface area contributed by atoms with Crippen molar-refractivity contribution in [2.45, 2.75) is 18.5 Å². The average Bonchev–Trinajstić information content (AvgIpc) is 2.63. The molecule has 0 aromatic carbocycles. The Hall–Kier alpha value is -0.940. The van der Waals surface area contributed by atoms with Crippen LogP contribution in [0.3, 0.4) is 0 Å². The highest BCUT2D eigenvalue weighted by molar-refractivity contribution is 5.11. The van der Waals surface area contributed by atoms with E-state index in [4.69, 9.17) is 10.5 Å². The monoisotopic (exact) mass is 215 g/mol. The first kappa shape index (κ1) is 12.1. The summed E-state index contributed by atoms with van der Waals surface area (Å²) < 4.78 is 21.0. The molecular weight excluding hydrogens is 197 g/mol. The van der Waals surface area contributed by atoms with Gasteiger partial charge in [0, 0.05) is 20.4 Å². The molecule has 0 aliphatic heterocycles. The molecule has 1 aromatic rings. The van der Waals surface area contributed by atoms with Gasteiger partial charge in [0.15, 0.2) is 5.67 Å². The minimum absolute atomic E-state index is 0.0179. The molecule has 0 aliphatic rings. The number of methoxy groups -OCH3 is 1. The lowest BCUT2D eigenvalue weighted by atomic mass is 9.97. The van der Waals surface area contributed by atoms with Gasteiger partial charge in [-0.05, 0) is 25.5 Å². The number of alkyl halides is 1. The molecule has 0 amide bonds. The van der Waals surface area contributed by atoms with Gasteiger partial charge >= 0.3 is 0 Å². The van der Waals surface area contributed by atoms with E-state index in [1.807, 2.05) is 0 Å². The normalized spacial score (nSPS) is 15.2. The average molecular weight is 215 g/mol. The fourth-order valence-electron chi connectivity index (χ4n) is 1.54. The second kappa shape index (κ2) is 5.23. The predicted octanol–water partition coefficient (Wildman–Crippen LogP) is 0.970. The Kier molecular flexibility index (Phi) is 4.23. The second-order valence-electron chi connectivity index (χ2n) is 3.67. The third-order valence-electron chi connectivity index (χ3n) is 2.32.